The van der Waals surface area contributed by atoms with E-state index >= 15 is 4.39 Å². The second-order valence-corrected chi connectivity index (χ2v) is 9.81. The SMILES string of the molecule is CCOC(=O)CC(c1cc(F)cc(-c2c(C)cccc2C)c1)N(Cc1ccccc1)C(C)c1ccccc1. The van der Waals surface area contributed by atoms with Crippen molar-refractivity contribution in [3.63, 3.8) is 0 Å². The average Bonchev–Trinajstić information content (AvgIpc) is 2.91. The number of carbonyl (C=O) groups excluding carboxylic acids is 1. The molecule has 2 unspecified atom stereocenters. The van der Waals surface area contributed by atoms with Crippen LogP contribution in [0.25, 0.3) is 11.1 Å². The van der Waals surface area contributed by atoms with Crippen molar-refractivity contribution in [3.05, 3.63) is 131 Å². The van der Waals surface area contributed by atoms with Gasteiger partial charge in [0, 0.05) is 18.6 Å². The lowest BCUT2D eigenvalue weighted by molar-refractivity contribution is -0.145. The van der Waals surface area contributed by atoms with Crippen molar-refractivity contribution in [2.24, 2.45) is 0 Å². The van der Waals surface area contributed by atoms with E-state index in [0.29, 0.717) is 13.2 Å². The third-order valence-corrected chi connectivity index (χ3v) is 7.13. The first-order chi connectivity index (χ1) is 18.4. The summed E-state index contributed by atoms with van der Waals surface area (Å²) in [6.45, 7) is 8.93. The van der Waals surface area contributed by atoms with Gasteiger partial charge in [0.25, 0.3) is 0 Å². The highest BCUT2D eigenvalue weighted by Crippen LogP contribution is 2.38. The molecule has 0 bridgehead atoms. The number of hydrogen-bond acceptors (Lipinski definition) is 3. The Morgan fingerprint density at radius 2 is 1.47 bits per heavy atom. The molecule has 4 aromatic rings. The lowest BCUT2D eigenvalue weighted by atomic mass is 9.91. The fourth-order valence-electron chi connectivity index (χ4n) is 5.26. The highest BCUT2D eigenvalue weighted by molar-refractivity contribution is 5.73. The number of esters is 1. The van der Waals surface area contributed by atoms with E-state index in [1.54, 1.807) is 12.1 Å². The van der Waals surface area contributed by atoms with Crippen molar-refractivity contribution in [2.75, 3.05) is 6.61 Å². The van der Waals surface area contributed by atoms with Crippen LogP contribution < -0.4 is 0 Å². The zero-order valence-corrected chi connectivity index (χ0v) is 22.7. The third-order valence-electron chi connectivity index (χ3n) is 7.13. The predicted molar refractivity (Wildman–Crippen MR) is 152 cm³/mol. The molecule has 0 radical (unpaired) electrons. The molecular weight excluding hydrogens is 473 g/mol. The smallest absolute Gasteiger partial charge is 0.307 e. The zero-order chi connectivity index (χ0) is 27.1. The molecule has 38 heavy (non-hydrogen) atoms. The number of benzene rings is 4. The second kappa shape index (κ2) is 12.7. The summed E-state index contributed by atoms with van der Waals surface area (Å²) < 4.78 is 20.7. The Morgan fingerprint density at radius 3 is 2.11 bits per heavy atom. The molecule has 0 heterocycles. The van der Waals surface area contributed by atoms with Crippen LogP contribution in [0.4, 0.5) is 4.39 Å². The lowest BCUT2D eigenvalue weighted by Crippen LogP contribution is -2.33. The van der Waals surface area contributed by atoms with E-state index in [1.165, 1.54) is 0 Å². The van der Waals surface area contributed by atoms with Crippen molar-refractivity contribution in [2.45, 2.75) is 52.7 Å². The summed E-state index contributed by atoms with van der Waals surface area (Å²) in [5, 5.41) is 0. The summed E-state index contributed by atoms with van der Waals surface area (Å²) in [4.78, 5) is 15.2. The minimum absolute atomic E-state index is 0.0391. The van der Waals surface area contributed by atoms with Gasteiger partial charge in [0.15, 0.2) is 0 Å². The van der Waals surface area contributed by atoms with Crippen molar-refractivity contribution < 1.29 is 13.9 Å². The highest BCUT2D eigenvalue weighted by Gasteiger charge is 2.30. The van der Waals surface area contributed by atoms with Gasteiger partial charge in [-0.3, -0.25) is 9.69 Å². The van der Waals surface area contributed by atoms with E-state index in [4.69, 9.17) is 4.74 Å². The molecule has 0 aliphatic carbocycles. The number of ether oxygens (including phenoxy) is 1. The van der Waals surface area contributed by atoms with Gasteiger partial charge < -0.3 is 4.74 Å². The van der Waals surface area contributed by atoms with Crippen molar-refractivity contribution in [1.82, 2.24) is 4.90 Å². The maximum Gasteiger partial charge on any atom is 0.307 e. The van der Waals surface area contributed by atoms with Crippen LogP contribution in [0.5, 0.6) is 0 Å². The molecule has 0 aromatic heterocycles. The Hall–Kier alpha value is -3.76. The number of hydrogen-bond donors (Lipinski definition) is 0. The van der Waals surface area contributed by atoms with Crippen LogP contribution in [-0.4, -0.2) is 17.5 Å². The van der Waals surface area contributed by atoms with Gasteiger partial charge in [-0.05, 0) is 84.8 Å². The molecule has 3 nitrogen and oxygen atoms in total. The van der Waals surface area contributed by atoms with Gasteiger partial charge in [0.2, 0.25) is 0 Å². The molecule has 2 atom stereocenters. The number of halogens is 1. The molecule has 0 fully saturated rings. The number of rotatable bonds is 10. The minimum atomic E-state index is -0.400. The monoisotopic (exact) mass is 509 g/mol. The van der Waals surface area contributed by atoms with E-state index in [-0.39, 0.29) is 24.2 Å². The molecule has 4 aromatic carbocycles. The van der Waals surface area contributed by atoms with Crippen LogP contribution >= 0.6 is 0 Å². The van der Waals surface area contributed by atoms with Crippen molar-refractivity contribution in [1.29, 1.82) is 0 Å². The van der Waals surface area contributed by atoms with Crippen LogP contribution in [-0.2, 0) is 16.1 Å². The highest BCUT2D eigenvalue weighted by atomic mass is 19.1. The van der Waals surface area contributed by atoms with E-state index in [9.17, 15) is 4.79 Å². The second-order valence-electron chi connectivity index (χ2n) is 9.81. The van der Waals surface area contributed by atoms with Crippen molar-refractivity contribution in [3.8, 4) is 11.1 Å². The summed E-state index contributed by atoms with van der Waals surface area (Å²) >= 11 is 0. The quantitative estimate of drug-likeness (QED) is 0.201. The fraction of sp³-hybridized carbons (Fsp3) is 0.265. The lowest BCUT2D eigenvalue weighted by Gasteiger charge is -2.37. The Balaban J connectivity index is 1.86. The third kappa shape index (κ3) is 6.56. The zero-order valence-electron chi connectivity index (χ0n) is 22.7. The van der Waals surface area contributed by atoms with Crippen LogP contribution in [0, 0.1) is 19.7 Å². The van der Waals surface area contributed by atoms with Gasteiger partial charge in [-0.25, -0.2) is 4.39 Å². The summed E-state index contributed by atoms with van der Waals surface area (Å²) in [5.41, 5.74) is 7.02. The van der Waals surface area contributed by atoms with E-state index < -0.39 is 6.04 Å². The van der Waals surface area contributed by atoms with Crippen molar-refractivity contribution >= 4 is 5.97 Å². The molecule has 4 rings (SSSR count). The first kappa shape index (κ1) is 27.3. The molecule has 0 amide bonds. The van der Waals surface area contributed by atoms with Crippen LogP contribution in [0.1, 0.15) is 60.2 Å². The van der Waals surface area contributed by atoms with Crippen LogP contribution in [0.2, 0.25) is 0 Å². The molecule has 196 valence electrons. The molecule has 0 saturated carbocycles. The molecular formula is C34H36FNO2. The largest absolute Gasteiger partial charge is 0.466 e. The van der Waals surface area contributed by atoms with E-state index in [2.05, 4.69) is 36.1 Å². The predicted octanol–water partition coefficient (Wildman–Crippen LogP) is 8.37. The van der Waals surface area contributed by atoms with Gasteiger partial charge in [-0.1, -0.05) is 78.9 Å². The topological polar surface area (TPSA) is 29.5 Å². The Morgan fingerprint density at radius 1 is 0.842 bits per heavy atom. The summed E-state index contributed by atoms with van der Waals surface area (Å²) in [7, 11) is 0. The molecule has 0 spiro atoms. The van der Waals surface area contributed by atoms with Gasteiger partial charge in [-0.15, -0.1) is 0 Å². The van der Waals surface area contributed by atoms with Gasteiger partial charge in [0.05, 0.1) is 13.0 Å². The molecule has 0 aliphatic heterocycles. The van der Waals surface area contributed by atoms with E-state index in [1.807, 2.05) is 81.4 Å². The maximum absolute atomic E-state index is 15.3. The van der Waals surface area contributed by atoms with Crippen LogP contribution in [0.3, 0.4) is 0 Å². The van der Waals surface area contributed by atoms with Gasteiger partial charge >= 0.3 is 5.97 Å². The Bertz CT molecular complexity index is 1330. The first-order valence-corrected chi connectivity index (χ1v) is 13.2. The summed E-state index contributed by atoms with van der Waals surface area (Å²) in [5.74, 6) is -0.616. The normalized spacial score (nSPS) is 12.8. The number of aryl methyl sites for hydroxylation is 2. The Kier molecular flexibility index (Phi) is 9.09. The average molecular weight is 510 g/mol. The number of carbonyl (C=O) groups is 1. The molecule has 0 saturated heterocycles. The first-order valence-electron chi connectivity index (χ1n) is 13.2. The maximum atomic E-state index is 15.3. The summed E-state index contributed by atoms with van der Waals surface area (Å²) in [6, 6.07) is 31.3. The van der Waals surface area contributed by atoms with Gasteiger partial charge in [-0.2, -0.15) is 0 Å². The molecule has 4 heteroatoms. The minimum Gasteiger partial charge on any atom is -0.466 e. The Labute approximate surface area is 225 Å². The summed E-state index contributed by atoms with van der Waals surface area (Å²) in [6.07, 6.45) is 0.119. The molecule has 0 aliphatic rings. The van der Waals surface area contributed by atoms with E-state index in [0.717, 1.165) is 38.9 Å². The standard InChI is InChI=1S/C34H36FNO2/c1-5-38-33(37)22-32(29-19-30(21-31(35)20-29)34-24(2)13-12-14-25(34)3)36(23-27-15-8-6-9-16-27)26(4)28-17-10-7-11-18-28/h6-21,26,32H,5,22-23H2,1-4H3. The number of nitrogens with zero attached hydrogens (tertiary/aromatic N) is 1. The fourth-order valence-corrected chi connectivity index (χ4v) is 5.26. The van der Waals surface area contributed by atoms with Gasteiger partial charge in [0.1, 0.15) is 5.82 Å². The van der Waals surface area contributed by atoms with Crippen LogP contribution in [0.15, 0.2) is 97.1 Å². The molecule has 0 N–H and O–H groups in total.